The Kier molecular flexibility index (Phi) is 6.90. The molecule has 0 bridgehead atoms. The standard InChI is InChI=1S/C19H18N4O7S2/c1-28-13-9-14(29-2)21-18(20-13)22-19(25)23-32(26,27)16-12(11-7-5-4-6-8-11)10-31-15(16)17(24)30-3/h4-10H,1-3H3,(H2,20,21,22,23,25). The van der Waals surface area contributed by atoms with Gasteiger partial charge in [-0.2, -0.15) is 9.97 Å². The lowest BCUT2D eigenvalue weighted by Gasteiger charge is -2.11. The average Bonchev–Trinajstić information content (AvgIpc) is 3.24. The third kappa shape index (κ3) is 4.95. The molecule has 0 atom stereocenters. The normalized spacial score (nSPS) is 10.8. The van der Waals surface area contributed by atoms with E-state index in [0.29, 0.717) is 5.56 Å². The fourth-order valence-electron chi connectivity index (χ4n) is 2.63. The Morgan fingerprint density at radius 2 is 1.62 bits per heavy atom. The van der Waals surface area contributed by atoms with Crippen LogP contribution in [0.5, 0.6) is 11.8 Å². The molecule has 32 heavy (non-hydrogen) atoms. The van der Waals surface area contributed by atoms with Crippen LogP contribution in [0.4, 0.5) is 10.7 Å². The lowest BCUT2D eigenvalue weighted by Crippen LogP contribution is -2.35. The molecule has 2 aromatic heterocycles. The second-order valence-corrected chi connectivity index (χ2v) is 8.50. The molecule has 0 aliphatic carbocycles. The van der Waals surface area contributed by atoms with E-state index in [-0.39, 0.29) is 33.0 Å². The second kappa shape index (κ2) is 9.62. The molecule has 0 spiro atoms. The zero-order valence-corrected chi connectivity index (χ0v) is 18.7. The number of methoxy groups -OCH3 is 3. The minimum Gasteiger partial charge on any atom is -0.481 e. The van der Waals surface area contributed by atoms with E-state index in [2.05, 4.69) is 15.3 Å². The van der Waals surface area contributed by atoms with Gasteiger partial charge < -0.3 is 14.2 Å². The van der Waals surface area contributed by atoms with Gasteiger partial charge in [-0.05, 0) is 5.56 Å². The molecule has 0 radical (unpaired) electrons. The molecule has 2 amide bonds. The van der Waals surface area contributed by atoms with Gasteiger partial charge in [0.15, 0.2) is 0 Å². The number of urea groups is 1. The molecule has 3 rings (SSSR count). The first-order valence-electron chi connectivity index (χ1n) is 8.85. The van der Waals surface area contributed by atoms with Gasteiger partial charge in [-0.1, -0.05) is 30.3 Å². The first-order chi connectivity index (χ1) is 15.3. The number of aromatic nitrogens is 2. The Hall–Kier alpha value is -3.71. The van der Waals surface area contributed by atoms with Crippen molar-refractivity contribution in [1.29, 1.82) is 0 Å². The third-order valence-electron chi connectivity index (χ3n) is 4.02. The van der Waals surface area contributed by atoms with E-state index < -0.39 is 22.0 Å². The van der Waals surface area contributed by atoms with Crippen LogP contribution < -0.4 is 19.5 Å². The number of hydrogen-bond acceptors (Lipinski definition) is 10. The van der Waals surface area contributed by atoms with E-state index in [1.807, 2.05) is 4.72 Å². The number of rotatable bonds is 7. The van der Waals surface area contributed by atoms with Gasteiger partial charge in [0, 0.05) is 10.9 Å². The Morgan fingerprint density at radius 3 is 2.19 bits per heavy atom. The summed E-state index contributed by atoms with van der Waals surface area (Å²) in [4.78, 5) is 31.9. The van der Waals surface area contributed by atoms with Crippen LogP contribution in [0.2, 0.25) is 0 Å². The topological polar surface area (TPSA) is 146 Å². The molecule has 0 aliphatic rings. The summed E-state index contributed by atoms with van der Waals surface area (Å²) in [7, 11) is -0.663. The minimum absolute atomic E-state index is 0.0900. The molecular formula is C19H18N4O7S2. The van der Waals surface area contributed by atoms with Crippen LogP contribution in [0.25, 0.3) is 11.1 Å². The molecule has 2 heterocycles. The molecule has 0 saturated carbocycles. The number of benzene rings is 1. The largest absolute Gasteiger partial charge is 0.481 e. The van der Waals surface area contributed by atoms with Crippen molar-refractivity contribution in [2.24, 2.45) is 0 Å². The lowest BCUT2D eigenvalue weighted by atomic mass is 10.1. The lowest BCUT2D eigenvalue weighted by molar-refractivity contribution is 0.0602. The van der Waals surface area contributed by atoms with Crippen molar-refractivity contribution in [3.8, 4) is 22.9 Å². The van der Waals surface area contributed by atoms with Crippen LogP contribution in [0.3, 0.4) is 0 Å². The third-order valence-corrected chi connectivity index (χ3v) is 6.52. The van der Waals surface area contributed by atoms with Gasteiger partial charge in [-0.15, -0.1) is 11.3 Å². The Labute approximate surface area is 187 Å². The van der Waals surface area contributed by atoms with Crippen molar-refractivity contribution in [1.82, 2.24) is 14.7 Å². The van der Waals surface area contributed by atoms with Gasteiger partial charge in [-0.3, -0.25) is 5.32 Å². The highest BCUT2D eigenvalue weighted by atomic mass is 32.2. The molecule has 0 fully saturated rings. The van der Waals surface area contributed by atoms with Gasteiger partial charge in [0.1, 0.15) is 9.77 Å². The van der Waals surface area contributed by atoms with E-state index in [0.717, 1.165) is 18.4 Å². The van der Waals surface area contributed by atoms with Crippen molar-refractivity contribution in [3.63, 3.8) is 0 Å². The quantitative estimate of drug-likeness (QED) is 0.489. The second-order valence-electron chi connectivity index (χ2n) is 6.00. The summed E-state index contributed by atoms with van der Waals surface area (Å²) in [6.45, 7) is 0. The first-order valence-corrected chi connectivity index (χ1v) is 11.2. The minimum atomic E-state index is -4.50. The molecule has 3 aromatic rings. The molecule has 11 nitrogen and oxygen atoms in total. The number of thiophene rings is 1. The Morgan fingerprint density at radius 1 is 1.00 bits per heavy atom. The van der Waals surface area contributed by atoms with Crippen molar-refractivity contribution < 1.29 is 32.2 Å². The molecule has 0 saturated heterocycles. The Bertz CT molecular complexity index is 1220. The zero-order valence-electron chi connectivity index (χ0n) is 17.1. The highest BCUT2D eigenvalue weighted by Gasteiger charge is 2.31. The van der Waals surface area contributed by atoms with E-state index in [1.54, 1.807) is 30.3 Å². The maximum atomic E-state index is 13.1. The smallest absolute Gasteiger partial charge is 0.349 e. The van der Waals surface area contributed by atoms with Crippen LogP contribution in [0.15, 0.2) is 46.7 Å². The molecule has 168 valence electrons. The highest BCUT2D eigenvalue weighted by molar-refractivity contribution is 7.90. The summed E-state index contributed by atoms with van der Waals surface area (Å²) >= 11 is 0.888. The predicted octanol–water partition coefficient (Wildman–Crippen LogP) is 2.52. The van der Waals surface area contributed by atoms with Crippen LogP contribution in [-0.2, 0) is 14.8 Å². The number of nitrogens with one attached hydrogen (secondary N) is 2. The number of carbonyl (C=O) groups excluding carboxylic acids is 2. The predicted molar refractivity (Wildman–Crippen MR) is 116 cm³/mol. The van der Waals surface area contributed by atoms with Crippen molar-refractivity contribution >= 4 is 39.3 Å². The number of amides is 2. The maximum Gasteiger partial charge on any atom is 0.349 e. The summed E-state index contributed by atoms with van der Waals surface area (Å²) in [5, 5.41) is 3.71. The number of anilines is 1. The van der Waals surface area contributed by atoms with Crippen molar-refractivity contribution in [2.45, 2.75) is 4.90 Å². The van der Waals surface area contributed by atoms with Gasteiger partial charge >= 0.3 is 12.0 Å². The van der Waals surface area contributed by atoms with Crippen molar-refractivity contribution in [3.05, 3.63) is 46.7 Å². The summed E-state index contributed by atoms with van der Waals surface area (Å²) in [5.41, 5.74) is 0.788. The number of nitrogens with zero attached hydrogens (tertiary/aromatic N) is 2. The fourth-order valence-corrected chi connectivity index (χ4v) is 5.26. The summed E-state index contributed by atoms with van der Waals surface area (Å²) in [6, 6.07) is 8.78. The number of hydrogen-bond donors (Lipinski definition) is 2. The van der Waals surface area contributed by atoms with Crippen LogP contribution in [0, 0.1) is 0 Å². The highest BCUT2D eigenvalue weighted by Crippen LogP contribution is 2.35. The maximum absolute atomic E-state index is 13.1. The SMILES string of the molecule is COC(=O)c1scc(-c2ccccc2)c1S(=O)(=O)NC(=O)Nc1nc(OC)cc(OC)n1. The number of carbonyl (C=O) groups is 2. The van der Waals surface area contributed by atoms with E-state index >= 15 is 0 Å². The van der Waals surface area contributed by atoms with Crippen molar-refractivity contribution in [2.75, 3.05) is 26.6 Å². The van der Waals surface area contributed by atoms with Crippen LogP contribution in [-0.4, -0.2) is 51.7 Å². The van der Waals surface area contributed by atoms with Gasteiger partial charge in [0.2, 0.25) is 17.7 Å². The van der Waals surface area contributed by atoms with Gasteiger partial charge in [0.25, 0.3) is 10.0 Å². The first kappa shape index (κ1) is 23.0. The molecule has 13 heteroatoms. The monoisotopic (exact) mass is 478 g/mol. The summed E-state index contributed by atoms with van der Waals surface area (Å²) in [5.74, 6) is -0.922. The van der Waals surface area contributed by atoms with E-state index in [9.17, 15) is 18.0 Å². The van der Waals surface area contributed by atoms with E-state index in [1.165, 1.54) is 25.7 Å². The summed E-state index contributed by atoms with van der Waals surface area (Å²) < 4.78 is 42.8. The Balaban J connectivity index is 1.95. The molecular weight excluding hydrogens is 460 g/mol. The van der Waals surface area contributed by atoms with Crippen LogP contribution in [0.1, 0.15) is 9.67 Å². The number of sulfonamides is 1. The van der Waals surface area contributed by atoms with Crippen LogP contribution >= 0.6 is 11.3 Å². The fraction of sp³-hybridized carbons (Fsp3) is 0.158. The number of ether oxygens (including phenoxy) is 3. The molecule has 0 unspecified atom stereocenters. The summed E-state index contributed by atoms with van der Waals surface area (Å²) in [6.07, 6.45) is 0. The number of esters is 1. The zero-order chi connectivity index (χ0) is 23.3. The van der Waals surface area contributed by atoms with E-state index in [4.69, 9.17) is 14.2 Å². The average molecular weight is 479 g/mol. The van der Waals surface area contributed by atoms with Gasteiger partial charge in [-0.25, -0.2) is 22.7 Å². The molecule has 0 aliphatic heterocycles. The molecule has 1 aromatic carbocycles. The van der Waals surface area contributed by atoms with Gasteiger partial charge in [0.05, 0.1) is 27.4 Å². The molecule has 2 N–H and O–H groups in total.